The van der Waals surface area contributed by atoms with Gasteiger partial charge in [-0.1, -0.05) is 0 Å². The van der Waals surface area contributed by atoms with Crippen molar-refractivity contribution in [3.63, 3.8) is 0 Å². The van der Waals surface area contributed by atoms with Crippen LogP contribution in [0.15, 0.2) is 17.1 Å². The maximum absolute atomic E-state index is 12.1. The summed E-state index contributed by atoms with van der Waals surface area (Å²) in [5.74, 6) is 0.732. The molecule has 1 rings (SSSR count). The van der Waals surface area contributed by atoms with Crippen molar-refractivity contribution in [1.29, 1.82) is 0 Å². The van der Waals surface area contributed by atoms with E-state index in [2.05, 4.69) is 22.4 Å². The lowest BCUT2D eigenvalue weighted by Crippen LogP contribution is -2.16. The SMILES string of the molecule is COc1cc(C)c(C(=O)C(C)N=C=S)cc1C. The number of thiocarbonyl (C=S) groups is 1. The maximum atomic E-state index is 12.1. The highest BCUT2D eigenvalue weighted by molar-refractivity contribution is 7.78. The minimum absolute atomic E-state index is 0.0504. The van der Waals surface area contributed by atoms with Crippen LogP contribution in [0.5, 0.6) is 5.75 Å². The molecule has 0 fully saturated rings. The van der Waals surface area contributed by atoms with Crippen molar-refractivity contribution in [1.82, 2.24) is 0 Å². The minimum atomic E-state index is -0.487. The molecule has 0 aliphatic carbocycles. The van der Waals surface area contributed by atoms with Crippen molar-refractivity contribution in [2.75, 3.05) is 7.11 Å². The van der Waals surface area contributed by atoms with E-state index in [4.69, 9.17) is 4.74 Å². The fourth-order valence-electron chi connectivity index (χ4n) is 1.64. The van der Waals surface area contributed by atoms with Gasteiger partial charge in [-0.25, -0.2) is 4.99 Å². The number of ketones is 1. The van der Waals surface area contributed by atoms with Gasteiger partial charge in [0, 0.05) is 5.56 Å². The predicted octanol–water partition coefficient (Wildman–Crippen LogP) is 2.99. The number of isothiocyanates is 1. The smallest absolute Gasteiger partial charge is 0.188 e. The van der Waals surface area contributed by atoms with Crippen molar-refractivity contribution in [3.8, 4) is 5.75 Å². The Hall–Kier alpha value is -1.51. The highest BCUT2D eigenvalue weighted by Crippen LogP contribution is 2.23. The Morgan fingerprint density at radius 1 is 1.41 bits per heavy atom. The highest BCUT2D eigenvalue weighted by Gasteiger charge is 2.17. The van der Waals surface area contributed by atoms with Crippen LogP contribution in [0.3, 0.4) is 0 Å². The first-order valence-electron chi connectivity index (χ1n) is 5.27. The molecule has 0 amide bonds. The molecule has 1 aromatic carbocycles. The second-order valence-corrected chi connectivity index (χ2v) is 4.08. The molecular formula is C13H15NO2S. The van der Waals surface area contributed by atoms with E-state index in [1.165, 1.54) is 0 Å². The summed E-state index contributed by atoms with van der Waals surface area (Å²) >= 11 is 4.51. The number of methoxy groups -OCH3 is 1. The molecule has 1 aromatic rings. The molecule has 0 bridgehead atoms. The first-order chi connectivity index (χ1) is 8.01. The van der Waals surface area contributed by atoms with Gasteiger partial charge >= 0.3 is 0 Å². The van der Waals surface area contributed by atoms with E-state index in [0.29, 0.717) is 5.56 Å². The van der Waals surface area contributed by atoms with Crippen LogP contribution in [0.2, 0.25) is 0 Å². The first-order valence-corrected chi connectivity index (χ1v) is 5.68. The van der Waals surface area contributed by atoms with Crippen molar-refractivity contribution in [2.45, 2.75) is 26.8 Å². The summed E-state index contributed by atoms with van der Waals surface area (Å²) < 4.78 is 5.20. The lowest BCUT2D eigenvalue weighted by atomic mass is 9.98. The number of carbonyl (C=O) groups is 1. The quantitative estimate of drug-likeness (QED) is 0.468. The normalized spacial score (nSPS) is 11.5. The minimum Gasteiger partial charge on any atom is -0.496 e. The average molecular weight is 249 g/mol. The van der Waals surface area contributed by atoms with Crippen molar-refractivity contribution < 1.29 is 9.53 Å². The van der Waals surface area contributed by atoms with Crippen LogP contribution in [0, 0.1) is 13.8 Å². The van der Waals surface area contributed by atoms with E-state index in [0.717, 1.165) is 16.9 Å². The Morgan fingerprint density at radius 2 is 2.06 bits per heavy atom. The molecule has 90 valence electrons. The number of benzene rings is 1. The zero-order chi connectivity index (χ0) is 13.0. The Labute approximate surface area is 107 Å². The molecule has 0 saturated carbocycles. The van der Waals surface area contributed by atoms with E-state index in [-0.39, 0.29) is 5.78 Å². The lowest BCUT2D eigenvalue weighted by Gasteiger charge is -2.11. The summed E-state index contributed by atoms with van der Waals surface area (Å²) in [7, 11) is 1.61. The fraction of sp³-hybridized carbons (Fsp3) is 0.385. The summed E-state index contributed by atoms with van der Waals surface area (Å²) in [4.78, 5) is 15.9. The van der Waals surface area contributed by atoms with E-state index >= 15 is 0 Å². The van der Waals surface area contributed by atoms with Gasteiger partial charge in [-0.15, -0.1) is 0 Å². The largest absolute Gasteiger partial charge is 0.496 e. The van der Waals surface area contributed by atoms with Gasteiger partial charge in [0.1, 0.15) is 11.8 Å². The average Bonchev–Trinajstić information content (AvgIpc) is 2.31. The maximum Gasteiger partial charge on any atom is 0.188 e. The molecule has 1 unspecified atom stereocenters. The number of nitrogens with zero attached hydrogens (tertiary/aromatic N) is 1. The van der Waals surface area contributed by atoms with E-state index < -0.39 is 6.04 Å². The monoisotopic (exact) mass is 249 g/mol. The number of hydrogen-bond acceptors (Lipinski definition) is 4. The van der Waals surface area contributed by atoms with E-state index in [1.807, 2.05) is 26.0 Å². The van der Waals surface area contributed by atoms with Crippen molar-refractivity contribution in [3.05, 3.63) is 28.8 Å². The van der Waals surface area contributed by atoms with Gasteiger partial charge < -0.3 is 4.74 Å². The van der Waals surface area contributed by atoms with Crippen LogP contribution in [0.1, 0.15) is 28.4 Å². The Bertz CT molecular complexity index is 490. The molecule has 0 aliphatic rings. The molecule has 0 aliphatic heterocycles. The second-order valence-electron chi connectivity index (χ2n) is 3.90. The predicted molar refractivity (Wildman–Crippen MR) is 71.3 cm³/mol. The van der Waals surface area contributed by atoms with Crippen molar-refractivity contribution >= 4 is 23.2 Å². The van der Waals surface area contributed by atoms with Gasteiger partial charge in [0.05, 0.1) is 12.3 Å². The number of rotatable bonds is 4. The summed E-state index contributed by atoms with van der Waals surface area (Å²) in [5, 5.41) is 2.24. The number of hydrogen-bond donors (Lipinski definition) is 0. The zero-order valence-corrected chi connectivity index (χ0v) is 11.2. The van der Waals surface area contributed by atoms with Crippen LogP contribution < -0.4 is 4.74 Å². The number of Topliss-reactive ketones (excluding diaryl/α,β-unsaturated/α-hetero) is 1. The number of aryl methyl sites for hydroxylation is 2. The number of carbonyl (C=O) groups excluding carboxylic acids is 1. The summed E-state index contributed by atoms with van der Waals surface area (Å²) in [6.45, 7) is 5.49. The number of ether oxygens (including phenoxy) is 1. The van der Waals surface area contributed by atoms with Gasteiger partial charge in [-0.3, -0.25) is 4.79 Å². The Morgan fingerprint density at radius 3 is 2.59 bits per heavy atom. The molecule has 0 radical (unpaired) electrons. The molecule has 0 saturated heterocycles. The van der Waals surface area contributed by atoms with Gasteiger partial charge in [0.2, 0.25) is 0 Å². The molecule has 0 spiro atoms. The third kappa shape index (κ3) is 2.99. The molecular weight excluding hydrogens is 234 g/mol. The van der Waals surface area contributed by atoms with Gasteiger partial charge in [-0.05, 0) is 56.2 Å². The van der Waals surface area contributed by atoms with Gasteiger partial charge in [0.15, 0.2) is 5.78 Å². The summed E-state index contributed by atoms with van der Waals surface area (Å²) in [6.07, 6.45) is 0. The van der Waals surface area contributed by atoms with Crippen LogP contribution in [-0.2, 0) is 0 Å². The fourth-order valence-corrected chi connectivity index (χ4v) is 1.80. The van der Waals surface area contributed by atoms with Crippen LogP contribution in [0.4, 0.5) is 0 Å². The molecule has 0 aromatic heterocycles. The molecule has 0 heterocycles. The third-order valence-electron chi connectivity index (χ3n) is 2.63. The van der Waals surface area contributed by atoms with Crippen LogP contribution >= 0.6 is 12.2 Å². The molecule has 1 atom stereocenters. The lowest BCUT2D eigenvalue weighted by molar-refractivity contribution is 0.0968. The van der Waals surface area contributed by atoms with Crippen LogP contribution in [-0.4, -0.2) is 24.1 Å². The van der Waals surface area contributed by atoms with Gasteiger partial charge in [0.25, 0.3) is 0 Å². The third-order valence-corrected chi connectivity index (χ3v) is 2.74. The molecule has 3 nitrogen and oxygen atoms in total. The van der Waals surface area contributed by atoms with Crippen molar-refractivity contribution in [2.24, 2.45) is 4.99 Å². The highest BCUT2D eigenvalue weighted by atomic mass is 32.1. The van der Waals surface area contributed by atoms with Crippen LogP contribution in [0.25, 0.3) is 0 Å². The second kappa shape index (κ2) is 5.71. The Balaban J connectivity index is 3.19. The Kier molecular flexibility index (Phi) is 4.55. The van der Waals surface area contributed by atoms with Gasteiger partial charge in [-0.2, -0.15) is 0 Å². The summed E-state index contributed by atoms with van der Waals surface area (Å²) in [5.41, 5.74) is 2.47. The first kappa shape index (κ1) is 13.6. The standard InChI is InChI=1S/C13H15NO2S/c1-8-6-12(16-4)9(2)5-11(8)13(15)10(3)14-7-17/h5-6,10H,1-4H3. The molecule has 4 heteroatoms. The van der Waals surface area contributed by atoms with E-state index in [9.17, 15) is 4.79 Å². The molecule has 17 heavy (non-hydrogen) atoms. The molecule has 0 N–H and O–H groups in total. The zero-order valence-electron chi connectivity index (χ0n) is 10.4. The topological polar surface area (TPSA) is 38.7 Å². The number of aliphatic imine (C=N–C) groups is 1. The van der Waals surface area contributed by atoms with E-state index in [1.54, 1.807) is 14.0 Å². The summed E-state index contributed by atoms with van der Waals surface area (Å²) in [6, 6.07) is 3.20.